The summed E-state index contributed by atoms with van der Waals surface area (Å²) in [6, 6.07) is 5.31. The molecule has 2 heterocycles. The van der Waals surface area contributed by atoms with Crippen LogP contribution in [0, 0.1) is 11.3 Å². The first kappa shape index (κ1) is 12.5. The monoisotopic (exact) mass is 244 g/mol. The first-order chi connectivity index (χ1) is 8.76. The van der Waals surface area contributed by atoms with E-state index in [9.17, 15) is 4.79 Å². The Morgan fingerprint density at radius 3 is 3.00 bits per heavy atom. The molecule has 2 N–H and O–H groups in total. The van der Waals surface area contributed by atoms with Crippen molar-refractivity contribution in [2.45, 2.75) is 25.3 Å². The predicted octanol–water partition coefficient (Wildman–Crippen LogP) is 0.907. The molecule has 1 aliphatic rings. The number of carbonyl (C=O) groups is 1. The van der Waals surface area contributed by atoms with E-state index in [0.717, 1.165) is 25.8 Å². The molecule has 1 amide bonds. The molecule has 18 heavy (non-hydrogen) atoms. The molecule has 1 aromatic rings. The van der Waals surface area contributed by atoms with Crippen LogP contribution in [0.15, 0.2) is 18.3 Å². The Kier molecular flexibility index (Phi) is 3.90. The number of hydrogen-bond acceptors (Lipinski definition) is 4. The molecule has 1 atom stereocenters. The van der Waals surface area contributed by atoms with E-state index in [4.69, 9.17) is 11.0 Å². The molecule has 2 rings (SSSR count). The van der Waals surface area contributed by atoms with Gasteiger partial charge in [-0.25, -0.2) is 4.98 Å². The average Bonchev–Trinajstić information content (AvgIpc) is 2.46. The van der Waals surface area contributed by atoms with E-state index in [-0.39, 0.29) is 11.9 Å². The summed E-state index contributed by atoms with van der Waals surface area (Å²) < 4.78 is 0. The zero-order chi connectivity index (χ0) is 13.0. The minimum absolute atomic E-state index is 0.0883. The number of rotatable bonds is 2. The summed E-state index contributed by atoms with van der Waals surface area (Å²) in [7, 11) is 0. The number of nitriles is 1. The molecule has 0 radical (unpaired) electrons. The number of amides is 1. The quantitative estimate of drug-likeness (QED) is 0.838. The van der Waals surface area contributed by atoms with Crippen LogP contribution in [0.25, 0.3) is 0 Å². The van der Waals surface area contributed by atoms with Crippen molar-refractivity contribution in [3.05, 3.63) is 29.6 Å². The number of hydrogen-bond donors (Lipinski definition) is 1. The fourth-order valence-electron chi connectivity index (χ4n) is 2.25. The van der Waals surface area contributed by atoms with Crippen LogP contribution in [0.1, 0.15) is 35.3 Å². The van der Waals surface area contributed by atoms with Gasteiger partial charge in [-0.2, -0.15) is 5.26 Å². The van der Waals surface area contributed by atoms with Crippen LogP contribution < -0.4 is 5.73 Å². The maximum Gasteiger partial charge on any atom is 0.272 e. The molecule has 5 heteroatoms. The van der Waals surface area contributed by atoms with Crippen LogP contribution in [0.3, 0.4) is 0 Å². The van der Waals surface area contributed by atoms with E-state index < -0.39 is 0 Å². The third-order valence-corrected chi connectivity index (χ3v) is 3.27. The van der Waals surface area contributed by atoms with Crippen LogP contribution >= 0.6 is 0 Å². The molecule has 1 saturated heterocycles. The first-order valence-corrected chi connectivity index (χ1v) is 6.13. The molecule has 0 spiro atoms. The Labute approximate surface area is 106 Å². The number of aromatic nitrogens is 1. The number of piperidine rings is 1. The summed E-state index contributed by atoms with van der Waals surface area (Å²) in [5.74, 6) is -0.0883. The third kappa shape index (κ3) is 2.49. The van der Waals surface area contributed by atoms with Gasteiger partial charge in [0.05, 0.1) is 5.56 Å². The Balaban J connectivity index is 2.16. The van der Waals surface area contributed by atoms with Crippen molar-refractivity contribution in [3.63, 3.8) is 0 Å². The molecule has 1 aliphatic heterocycles. The molecule has 1 fully saturated rings. The van der Waals surface area contributed by atoms with Crippen molar-refractivity contribution in [1.82, 2.24) is 9.88 Å². The molecule has 94 valence electrons. The van der Waals surface area contributed by atoms with Crippen molar-refractivity contribution in [2.75, 3.05) is 13.1 Å². The van der Waals surface area contributed by atoms with E-state index in [1.54, 1.807) is 17.0 Å². The van der Waals surface area contributed by atoms with E-state index in [0.29, 0.717) is 17.8 Å². The van der Waals surface area contributed by atoms with E-state index >= 15 is 0 Å². The highest BCUT2D eigenvalue weighted by Gasteiger charge is 2.26. The lowest BCUT2D eigenvalue weighted by atomic mass is 10.0. The zero-order valence-corrected chi connectivity index (χ0v) is 10.2. The normalized spacial score (nSPS) is 19.3. The maximum atomic E-state index is 12.3. The second-order valence-electron chi connectivity index (χ2n) is 4.43. The van der Waals surface area contributed by atoms with Gasteiger partial charge in [0.15, 0.2) is 0 Å². The van der Waals surface area contributed by atoms with Crippen molar-refractivity contribution >= 4 is 5.91 Å². The summed E-state index contributed by atoms with van der Waals surface area (Å²) in [5.41, 5.74) is 6.54. The molecular weight excluding hydrogens is 228 g/mol. The van der Waals surface area contributed by atoms with Crippen LogP contribution in [0.4, 0.5) is 0 Å². The number of likely N-dealkylation sites (tertiary alicyclic amines) is 1. The SMILES string of the molecule is N#Cc1ccc(C(=O)N2CCCCC2CN)nc1. The van der Waals surface area contributed by atoms with Crippen molar-refractivity contribution in [1.29, 1.82) is 5.26 Å². The van der Waals surface area contributed by atoms with Crippen LogP contribution in [-0.2, 0) is 0 Å². The minimum Gasteiger partial charge on any atom is -0.333 e. The molecule has 1 unspecified atom stereocenters. The zero-order valence-electron chi connectivity index (χ0n) is 10.2. The summed E-state index contributed by atoms with van der Waals surface area (Å²) in [5, 5.41) is 8.69. The number of carbonyl (C=O) groups excluding carboxylic acids is 1. The predicted molar refractivity (Wildman–Crippen MR) is 66.7 cm³/mol. The van der Waals surface area contributed by atoms with Gasteiger partial charge in [0.25, 0.3) is 5.91 Å². The Hall–Kier alpha value is -1.93. The number of nitrogens with zero attached hydrogens (tertiary/aromatic N) is 3. The lowest BCUT2D eigenvalue weighted by molar-refractivity contribution is 0.0617. The van der Waals surface area contributed by atoms with Crippen LogP contribution in [-0.4, -0.2) is 34.9 Å². The highest BCUT2D eigenvalue weighted by atomic mass is 16.2. The smallest absolute Gasteiger partial charge is 0.272 e. The van der Waals surface area contributed by atoms with Gasteiger partial charge in [0.2, 0.25) is 0 Å². The average molecular weight is 244 g/mol. The van der Waals surface area contributed by atoms with Crippen molar-refractivity contribution < 1.29 is 4.79 Å². The standard InChI is InChI=1S/C13H16N4O/c14-7-10-4-5-12(16-9-10)13(18)17-6-2-1-3-11(17)8-15/h4-5,9,11H,1-3,6,8,15H2. The fourth-order valence-corrected chi connectivity index (χ4v) is 2.25. The summed E-state index contributed by atoms with van der Waals surface area (Å²) >= 11 is 0. The van der Waals surface area contributed by atoms with Gasteiger partial charge < -0.3 is 10.6 Å². The molecule has 5 nitrogen and oxygen atoms in total. The Morgan fingerprint density at radius 2 is 2.39 bits per heavy atom. The Bertz CT molecular complexity index is 463. The van der Waals surface area contributed by atoms with Gasteiger partial charge >= 0.3 is 0 Å². The van der Waals surface area contributed by atoms with Gasteiger partial charge in [-0.1, -0.05) is 0 Å². The summed E-state index contributed by atoms with van der Waals surface area (Å²) in [6.45, 7) is 1.23. The summed E-state index contributed by atoms with van der Waals surface area (Å²) in [4.78, 5) is 18.1. The second-order valence-corrected chi connectivity index (χ2v) is 4.43. The van der Waals surface area contributed by atoms with E-state index in [1.807, 2.05) is 6.07 Å². The summed E-state index contributed by atoms with van der Waals surface area (Å²) in [6.07, 6.45) is 4.51. The van der Waals surface area contributed by atoms with Crippen molar-refractivity contribution in [3.8, 4) is 6.07 Å². The van der Waals surface area contributed by atoms with Crippen LogP contribution in [0.2, 0.25) is 0 Å². The van der Waals surface area contributed by atoms with E-state index in [1.165, 1.54) is 6.20 Å². The molecule has 0 bridgehead atoms. The van der Waals surface area contributed by atoms with Crippen molar-refractivity contribution in [2.24, 2.45) is 5.73 Å². The van der Waals surface area contributed by atoms with E-state index in [2.05, 4.69) is 4.98 Å². The van der Waals surface area contributed by atoms with Gasteiger partial charge in [0.1, 0.15) is 11.8 Å². The lowest BCUT2D eigenvalue weighted by Gasteiger charge is -2.34. The Morgan fingerprint density at radius 1 is 1.56 bits per heavy atom. The largest absolute Gasteiger partial charge is 0.333 e. The molecular formula is C13H16N4O. The van der Waals surface area contributed by atoms with Gasteiger partial charge in [-0.3, -0.25) is 4.79 Å². The third-order valence-electron chi connectivity index (χ3n) is 3.27. The number of nitrogens with two attached hydrogens (primary N) is 1. The fraction of sp³-hybridized carbons (Fsp3) is 0.462. The highest BCUT2D eigenvalue weighted by Crippen LogP contribution is 2.18. The van der Waals surface area contributed by atoms with Gasteiger partial charge in [0, 0.05) is 25.3 Å². The maximum absolute atomic E-state index is 12.3. The molecule has 0 aromatic carbocycles. The van der Waals surface area contributed by atoms with Gasteiger partial charge in [-0.05, 0) is 31.4 Å². The number of pyridine rings is 1. The highest BCUT2D eigenvalue weighted by molar-refractivity contribution is 5.92. The molecule has 0 saturated carbocycles. The topological polar surface area (TPSA) is 83.0 Å². The minimum atomic E-state index is -0.0883. The molecule has 1 aromatic heterocycles. The first-order valence-electron chi connectivity index (χ1n) is 6.13. The molecule has 0 aliphatic carbocycles. The lowest BCUT2D eigenvalue weighted by Crippen LogP contribution is -2.47. The second kappa shape index (κ2) is 5.61. The van der Waals surface area contributed by atoms with Crippen LogP contribution in [0.5, 0.6) is 0 Å². The van der Waals surface area contributed by atoms with Gasteiger partial charge in [-0.15, -0.1) is 0 Å².